The van der Waals surface area contributed by atoms with Crippen LogP contribution in [0.15, 0.2) is 6.07 Å². The van der Waals surface area contributed by atoms with Crippen LogP contribution in [-0.4, -0.2) is 46.4 Å². The average Bonchev–Trinajstić information content (AvgIpc) is 2.92. The summed E-state index contributed by atoms with van der Waals surface area (Å²) in [6.07, 6.45) is 4.09. The molecule has 1 heterocycles. The number of nitrogens with one attached hydrogen (secondary N) is 1. The van der Waals surface area contributed by atoms with Crippen LogP contribution in [0.25, 0.3) is 0 Å². The Kier molecular flexibility index (Phi) is 12.7. The molecule has 7 nitrogen and oxygen atoms in total. The number of thioether (sulfide) groups is 1. The first-order valence-electron chi connectivity index (χ1n) is 8.64. The van der Waals surface area contributed by atoms with Gasteiger partial charge < -0.3 is 15.8 Å². The van der Waals surface area contributed by atoms with E-state index in [1.54, 1.807) is 18.7 Å². The zero-order valence-corrected chi connectivity index (χ0v) is 16.8. The van der Waals surface area contributed by atoms with Crippen LogP contribution in [0.4, 0.5) is 4.79 Å². The van der Waals surface area contributed by atoms with Crippen LogP contribution in [-0.2, 0) is 22.5 Å². The van der Waals surface area contributed by atoms with E-state index in [0.29, 0.717) is 6.42 Å². The molecule has 0 bridgehead atoms. The van der Waals surface area contributed by atoms with Crippen molar-refractivity contribution in [3.63, 3.8) is 0 Å². The Labute approximate surface area is 158 Å². The molecule has 1 rings (SSSR count). The molecule has 3 N–H and O–H groups in total. The summed E-state index contributed by atoms with van der Waals surface area (Å²) in [5, 5.41) is 6.79. The maximum atomic E-state index is 11.0. The van der Waals surface area contributed by atoms with Crippen molar-refractivity contribution >= 4 is 23.8 Å². The lowest BCUT2D eigenvalue weighted by Gasteiger charge is -2.14. The predicted molar refractivity (Wildman–Crippen MR) is 107 cm³/mol. The summed E-state index contributed by atoms with van der Waals surface area (Å²) in [6, 6.07) is 1.52. The molecular weight excluding hydrogens is 340 g/mol. The number of hydrogen-bond donors (Lipinski definition) is 2. The van der Waals surface area contributed by atoms with Gasteiger partial charge in [-0.25, -0.2) is 4.79 Å². The summed E-state index contributed by atoms with van der Waals surface area (Å²) in [6.45, 7) is 9.42. The number of nitrogens with zero attached hydrogens (tertiary/aromatic N) is 2. The Balaban J connectivity index is -0.000000405. The lowest BCUT2D eigenvalue weighted by Crippen LogP contribution is -2.45. The van der Waals surface area contributed by atoms with Gasteiger partial charge >= 0.3 is 6.09 Å². The van der Waals surface area contributed by atoms with Crippen LogP contribution in [0.3, 0.4) is 0 Å². The second-order valence-electron chi connectivity index (χ2n) is 5.45. The molecule has 0 aliphatic carbocycles. The van der Waals surface area contributed by atoms with Gasteiger partial charge in [0, 0.05) is 15.1 Å². The van der Waals surface area contributed by atoms with Gasteiger partial charge in [-0.3, -0.25) is 9.48 Å². The third-order valence-corrected chi connectivity index (χ3v) is 3.95. The summed E-state index contributed by atoms with van der Waals surface area (Å²) in [5.74, 6) is 0.229. The predicted octanol–water partition coefficient (Wildman–Crippen LogP) is 3.00. The number of aromatic nitrogens is 2. The third kappa shape index (κ3) is 10.0. The highest BCUT2D eigenvalue weighted by Gasteiger charge is 2.17. The van der Waals surface area contributed by atoms with E-state index in [1.807, 2.05) is 13.2 Å². The van der Waals surface area contributed by atoms with Crippen molar-refractivity contribution in [2.75, 3.05) is 18.6 Å². The minimum absolute atomic E-state index is 0. The summed E-state index contributed by atoms with van der Waals surface area (Å²) in [4.78, 5) is 21.9. The molecule has 0 saturated heterocycles. The monoisotopic (exact) mass is 376 g/mol. The first-order chi connectivity index (χ1) is 11.9. The molecule has 0 aliphatic rings. The number of carbonyl (C=O) groups excluding carboxylic acids is 2. The van der Waals surface area contributed by atoms with Gasteiger partial charge in [0.25, 0.3) is 0 Å². The minimum Gasteiger partial charge on any atom is -0.450 e. The molecule has 1 atom stereocenters. The number of primary amides is 1. The molecule has 0 radical (unpaired) electrons. The van der Waals surface area contributed by atoms with Gasteiger partial charge in [-0.05, 0) is 51.2 Å². The second kappa shape index (κ2) is 13.6. The molecule has 1 aromatic heterocycles. The highest BCUT2D eigenvalue weighted by atomic mass is 32.2. The molecule has 2 amide bonds. The van der Waals surface area contributed by atoms with Gasteiger partial charge in [0.1, 0.15) is 6.04 Å². The maximum Gasteiger partial charge on any atom is 0.407 e. The molecule has 8 heteroatoms. The van der Waals surface area contributed by atoms with E-state index in [-0.39, 0.29) is 9.46 Å². The van der Waals surface area contributed by atoms with Crippen LogP contribution in [0, 0.1) is 6.92 Å². The zero-order chi connectivity index (χ0) is 19.2. The van der Waals surface area contributed by atoms with Gasteiger partial charge in [0.05, 0.1) is 12.3 Å². The molecule has 0 aromatic carbocycles. The zero-order valence-electron chi connectivity index (χ0n) is 16.0. The van der Waals surface area contributed by atoms with E-state index in [1.165, 1.54) is 5.69 Å². The maximum absolute atomic E-state index is 11.0. The molecule has 0 aliphatic heterocycles. The summed E-state index contributed by atoms with van der Waals surface area (Å²) < 4.78 is 6.74. The number of hydrogen-bond acceptors (Lipinski definition) is 5. The van der Waals surface area contributed by atoms with Crippen LogP contribution < -0.4 is 11.1 Å². The fourth-order valence-electron chi connectivity index (χ4n) is 2.13. The van der Waals surface area contributed by atoms with E-state index in [0.717, 1.165) is 30.8 Å². The highest BCUT2D eigenvalue weighted by Crippen LogP contribution is 2.04. The Morgan fingerprint density at radius 3 is 2.60 bits per heavy atom. The van der Waals surface area contributed by atoms with E-state index >= 15 is 0 Å². The molecule has 0 spiro atoms. The largest absolute Gasteiger partial charge is 0.450 e. The van der Waals surface area contributed by atoms with Gasteiger partial charge in [-0.1, -0.05) is 13.8 Å². The van der Waals surface area contributed by atoms with Gasteiger partial charge in [0.15, 0.2) is 0 Å². The smallest absolute Gasteiger partial charge is 0.407 e. The Hall–Kier alpha value is -1.70. The Morgan fingerprint density at radius 1 is 1.44 bits per heavy atom. The number of amides is 2. The SMILES string of the molecule is CCCn1nc(C)cc1CC.CCOC(=O)N[C@@H](CCSC)C(N)=O.[HH].[HH]. The molecule has 0 fully saturated rings. The first kappa shape index (κ1) is 23.3. The summed E-state index contributed by atoms with van der Waals surface area (Å²) in [7, 11) is 0. The van der Waals surface area contributed by atoms with Crippen LogP contribution in [0.2, 0.25) is 0 Å². The standard InChI is InChI=1S/C9H16N2.C8H16N2O3S.2H2/c1-4-6-11-9(5-2)7-8(3)10-11;1-3-13-8(12)10-6(7(9)11)4-5-14-2;;/h7H,4-6H2,1-3H3;6H,3-5H2,1-2H3,(H2,9,11)(H,10,12);2*1H/t;6-;;/m.0../s1. The number of carbonyl (C=O) groups is 2. The van der Waals surface area contributed by atoms with Crippen molar-refractivity contribution in [1.82, 2.24) is 15.1 Å². The van der Waals surface area contributed by atoms with Crippen LogP contribution in [0.5, 0.6) is 0 Å². The number of rotatable bonds is 9. The Morgan fingerprint density at radius 2 is 2.12 bits per heavy atom. The number of nitrogens with two attached hydrogens (primary N) is 1. The van der Waals surface area contributed by atoms with Crippen LogP contribution in [0.1, 0.15) is 47.9 Å². The average molecular weight is 377 g/mol. The van der Waals surface area contributed by atoms with Crippen molar-refractivity contribution in [3.8, 4) is 0 Å². The lowest BCUT2D eigenvalue weighted by molar-refractivity contribution is -0.119. The molecule has 0 saturated carbocycles. The van der Waals surface area contributed by atoms with E-state index in [4.69, 9.17) is 5.73 Å². The number of aryl methyl sites for hydroxylation is 3. The van der Waals surface area contributed by atoms with Crippen molar-refractivity contribution < 1.29 is 17.2 Å². The minimum atomic E-state index is -0.638. The van der Waals surface area contributed by atoms with E-state index in [9.17, 15) is 9.59 Å². The van der Waals surface area contributed by atoms with Gasteiger partial charge in [-0.15, -0.1) is 0 Å². The molecular formula is C17H36N4O3S. The Bertz CT molecular complexity index is 530. The van der Waals surface area contributed by atoms with Crippen LogP contribution >= 0.6 is 11.8 Å². The van der Waals surface area contributed by atoms with E-state index in [2.05, 4.69) is 39.7 Å². The number of ether oxygens (including phenoxy) is 1. The van der Waals surface area contributed by atoms with E-state index < -0.39 is 18.0 Å². The molecule has 25 heavy (non-hydrogen) atoms. The molecule has 148 valence electrons. The van der Waals surface area contributed by atoms with Crippen molar-refractivity contribution in [2.24, 2.45) is 5.73 Å². The van der Waals surface area contributed by atoms with Crippen molar-refractivity contribution in [1.29, 1.82) is 0 Å². The lowest BCUT2D eigenvalue weighted by atomic mass is 10.2. The number of alkyl carbamates (subject to hydrolysis) is 1. The summed E-state index contributed by atoms with van der Waals surface area (Å²) in [5.41, 5.74) is 7.59. The second-order valence-corrected chi connectivity index (χ2v) is 6.44. The van der Waals surface area contributed by atoms with Crippen molar-refractivity contribution in [3.05, 3.63) is 17.5 Å². The quantitative estimate of drug-likeness (QED) is 0.690. The topological polar surface area (TPSA) is 99.2 Å². The summed E-state index contributed by atoms with van der Waals surface area (Å²) >= 11 is 1.59. The van der Waals surface area contributed by atoms with Crippen molar-refractivity contribution in [2.45, 2.75) is 59.5 Å². The molecule has 1 aromatic rings. The first-order valence-corrected chi connectivity index (χ1v) is 10.0. The fraction of sp³-hybridized carbons (Fsp3) is 0.706. The molecule has 0 unspecified atom stereocenters. The van der Waals surface area contributed by atoms with Gasteiger partial charge in [-0.2, -0.15) is 16.9 Å². The highest BCUT2D eigenvalue weighted by molar-refractivity contribution is 7.98. The third-order valence-electron chi connectivity index (χ3n) is 3.30. The van der Waals surface area contributed by atoms with Gasteiger partial charge in [0.2, 0.25) is 5.91 Å². The normalized spacial score (nSPS) is 11.2. The fourth-order valence-corrected chi connectivity index (χ4v) is 2.60.